The summed E-state index contributed by atoms with van der Waals surface area (Å²) in [5.74, 6) is -1.12. The van der Waals surface area contributed by atoms with Crippen molar-refractivity contribution in [2.24, 2.45) is 0 Å². The Kier molecular flexibility index (Phi) is 8.48. The van der Waals surface area contributed by atoms with Crippen LogP contribution >= 0.6 is 0 Å². The molecular weight excluding hydrogens is 497 g/mol. The first kappa shape index (κ1) is 27.3. The zero-order valence-corrected chi connectivity index (χ0v) is 21.6. The molecule has 0 spiro atoms. The van der Waals surface area contributed by atoms with Crippen molar-refractivity contribution in [1.82, 2.24) is 15.5 Å². The van der Waals surface area contributed by atoms with Gasteiger partial charge in [-0.3, -0.25) is 14.4 Å². The third kappa shape index (κ3) is 5.89. The van der Waals surface area contributed by atoms with Crippen LogP contribution in [0, 0.1) is 5.82 Å². The number of ether oxygens (including phenoxy) is 3. The molecule has 3 amide bonds. The number of carbonyl (C=O) groups excluding carboxylic acids is 3. The first-order chi connectivity index (χ1) is 18.2. The molecule has 0 bridgehead atoms. The molecule has 1 fully saturated rings. The van der Waals surface area contributed by atoms with Gasteiger partial charge in [-0.05, 0) is 35.7 Å². The number of hydrogen-bond acceptors (Lipinski definition) is 7. The van der Waals surface area contributed by atoms with Gasteiger partial charge in [0.05, 0.1) is 50.1 Å². The number of benzene rings is 2. The summed E-state index contributed by atoms with van der Waals surface area (Å²) in [4.78, 5) is 38.7. The second kappa shape index (κ2) is 11.8. The van der Waals surface area contributed by atoms with Crippen molar-refractivity contribution in [2.45, 2.75) is 31.4 Å². The lowest BCUT2D eigenvalue weighted by molar-refractivity contribution is -0.127. The number of likely N-dealkylation sites (N-methyl/N-ethyl adjacent to an activating group) is 1. The Bertz CT molecular complexity index is 1230. The number of fused-ring (bicyclic) bond motifs is 1. The molecule has 1 saturated heterocycles. The van der Waals surface area contributed by atoms with Crippen LogP contribution in [0.1, 0.15) is 43.8 Å². The third-order valence-corrected chi connectivity index (χ3v) is 6.66. The van der Waals surface area contributed by atoms with Gasteiger partial charge in [0.15, 0.2) is 0 Å². The number of carbonyl (C=O) groups is 3. The van der Waals surface area contributed by atoms with Gasteiger partial charge in [0.2, 0.25) is 5.91 Å². The van der Waals surface area contributed by atoms with E-state index in [-0.39, 0.29) is 31.0 Å². The molecule has 2 aromatic rings. The smallest absolute Gasteiger partial charge is 0.255 e. The number of nitrogens with one attached hydrogen (secondary N) is 2. The number of rotatable bonds is 8. The highest BCUT2D eigenvalue weighted by molar-refractivity contribution is 5.98. The Morgan fingerprint density at radius 3 is 2.63 bits per heavy atom. The van der Waals surface area contributed by atoms with Crippen LogP contribution in [0.25, 0.3) is 0 Å². The fraction of sp³-hybridized carbons (Fsp3) is 0.444. The lowest BCUT2D eigenvalue weighted by Crippen LogP contribution is -2.48. The minimum absolute atomic E-state index is 0.150. The molecule has 2 aliphatic rings. The van der Waals surface area contributed by atoms with Gasteiger partial charge in [0.25, 0.3) is 11.8 Å². The third-order valence-electron chi connectivity index (χ3n) is 6.66. The summed E-state index contributed by atoms with van der Waals surface area (Å²) in [6, 6.07) is 5.46. The SMILES string of the molecule is COc1c(C(=O)NC2CCOC[C@@H]2O)cc(Cc2ccc(C(=O)NCC(=O)N(C)C)c(F)c2)c2c1CCO2. The van der Waals surface area contributed by atoms with Crippen LogP contribution in [-0.2, 0) is 22.4 Å². The number of aliphatic hydroxyl groups excluding tert-OH is 1. The largest absolute Gasteiger partial charge is 0.495 e. The van der Waals surface area contributed by atoms with E-state index in [0.717, 1.165) is 5.56 Å². The van der Waals surface area contributed by atoms with Gasteiger partial charge >= 0.3 is 0 Å². The van der Waals surface area contributed by atoms with Gasteiger partial charge < -0.3 is 34.9 Å². The first-order valence-corrected chi connectivity index (χ1v) is 12.4. The normalized spacial score (nSPS) is 18.2. The zero-order chi connectivity index (χ0) is 27.4. The Morgan fingerprint density at radius 1 is 1.16 bits per heavy atom. The molecule has 38 heavy (non-hydrogen) atoms. The first-order valence-electron chi connectivity index (χ1n) is 12.4. The van der Waals surface area contributed by atoms with Crippen LogP contribution in [0.3, 0.4) is 0 Å². The molecule has 0 aliphatic carbocycles. The van der Waals surface area contributed by atoms with E-state index in [9.17, 15) is 23.9 Å². The lowest BCUT2D eigenvalue weighted by atomic mass is 9.95. The molecule has 0 radical (unpaired) electrons. The topological polar surface area (TPSA) is 126 Å². The number of halogens is 1. The maximum Gasteiger partial charge on any atom is 0.255 e. The van der Waals surface area contributed by atoms with Crippen LogP contribution in [-0.4, -0.2) is 87.4 Å². The van der Waals surface area contributed by atoms with Crippen LogP contribution in [0.2, 0.25) is 0 Å². The number of aliphatic hydroxyl groups is 1. The van der Waals surface area contributed by atoms with E-state index < -0.39 is 29.8 Å². The summed E-state index contributed by atoms with van der Waals surface area (Å²) in [5.41, 5.74) is 2.12. The lowest BCUT2D eigenvalue weighted by Gasteiger charge is -2.28. The Morgan fingerprint density at radius 2 is 1.95 bits per heavy atom. The second-order valence-electron chi connectivity index (χ2n) is 9.50. The summed E-state index contributed by atoms with van der Waals surface area (Å²) in [7, 11) is 4.61. The fourth-order valence-corrected chi connectivity index (χ4v) is 4.58. The van der Waals surface area contributed by atoms with E-state index in [4.69, 9.17) is 14.2 Å². The summed E-state index contributed by atoms with van der Waals surface area (Å²) in [5, 5.41) is 15.5. The predicted octanol–water partition coefficient (Wildman–Crippen LogP) is 1.06. The van der Waals surface area contributed by atoms with Crippen molar-refractivity contribution in [3.63, 3.8) is 0 Å². The van der Waals surface area contributed by atoms with E-state index in [1.165, 1.54) is 24.1 Å². The molecule has 11 heteroatoms. The number of methoxy groups -OCH3 is 1. The van der Waals surface area contributed by atoms with Gasteiger partial charge in [-0.25, -0.2) is 4.39 Å². The molecule has 2 aliphatic heterocycles. The van der Waals surface area contributed by atoms with Gasteiger partial charge in [0.1, 0.15) is 17.3 Å². The Hall–Kier alpha value is -3.70. The molecule has 3 N–H and O–H groups in total. The summed E-state index contributed by atoms with van der Waals surface area (Å²) in [6.07, 6.45) is 0.463. The van der Waals surface area contributed by atoms with Crippen molar-refractivity contribution in [1.29, 1.82) is 0 Å². The van der Waals surface area contributed by atoms with Crippen molar-refractivity contribution in [3.8, 4) is 11.5 Å². The number of amides is 3. The van der Waals surface area contributed by atoms with E-state index >= 15 is 0 Å². The summed E-state index contributed by atoms with van der Waals surface area (Å²) >= 11 is 0. The highest BCUT2D eigenvalue weighted by Gasteiger charge is 2.30. The minimum atomic E-state index is -0.810. The molecular formula is C27H32FN3O7. The molecule has 2 aromatic carbocycles. The molecule has 2 atom stereocenters. The van der Waals surface area contributed by atoms with Crippen LogP contribution in [0.4, 0.5) is 4.39 Å². The highest BCUT2D eigenvalue weighted by atomic mass is 19.1. The number of nitrogens with zero attached hydrogens (tertiary/aromatic N) is 1. The summed E-state index contributed by atoms with van der Waals surface area (Å²) < 4.78 is 31.6. The van der Waals surface area contributed by atoms with Crippen molar-refractivity contribution >= 4 is 17.7 Å². The number of hydrogen-bond donors (Lipinski definition) is 3. The maximum absolute atomic E-state index is 14.9. The zero-order valence-electron chi connectivity index (χ0n) is 21.6. The van der Waals surface area contributed by atoms with E-state index in [1.807, 2.05) is 0 Å². The Labute approximate surface area is 220 Å². The molecule has 2 heterocycles. The molecule has 1 unspecified atom stereocenters. The van der Waals surface area contributed by atoms with Crippen LogP contribution in [0.15, 0.2) is 24.3 Å². The van der Waals surface area contributed by atoms with Crippen LogP contribution in [0.5, 0.6) is 11.5 Å². The van der Waals surface area contributed by atoms with Gasteiger partial charge in [-0.15, -0.1) is 0 Å². The molecule has 10 nitrogen and oxygen atoms in total. The second-order valence-corrected chi connectivity index (χ2v) is 9.50. The van der Waals surface area contributed by atoms with Gasteiger partial charge in [-0.2, -0.15) is 0 Å². The monoisotopic (exact) mass is 529 g/mol. The molecule has 204 valence electrons. The quantitative estimate of drug-likeness (QED) is 0.467. The standard InChI is InChI=1S/C27H32FN3O7/c1-31(2)23(33)13-29-26(34)17-5-4-15(11-20(17)28)10-16-12-19(25(36-3)18-6-9-38-24(16)18)27(35)30-21-7-8-37-14-22(21)32/h4-5,11-12,21-22,32H,6-10,13-14H2,1-3H3,(H,29,34)(H,30,35)/t21?,22-/m0/s1. The average Bonchev–Trinajstić information content (AvgIpc) is 3.38. The summed E-state index contributed by atoms with van der Waals surface area (Å²) in [6.45, 7) is 0.768. The maximum atomic E-state index is 14.9. The van der Waals surface area contributed by atoms with Gasteiger partial charge in [-0.1, -0.05) is 6.07 Å². The van der Waals surface area contributed by atoms with Crippen molar-refractivity contribution in [2.75, 3.05) is 47.6 Å². The van der Waals surface area contributed by atoms with E-state index in [2.05, 4.69) is 10.6 Å². The van der Waals surface area contributed by atoms with E-state index in [0.29, 0.717) is 54.2 Å². The Balaban J connectivity index is 1.57. The fourth-order valence-electron chi connectivity index (χ4n) is 4.58. The predicted molar refractivity (Wildman–Crippen MR) is 135 cm³/mol. The van der Waals surface area contributed by atoms with Crippen molar-refractivity contribution < 1.29 is 38.1 Å². The molecule has 4 rings (SSSR count). The minimum Gasteiger partial charge on any atom is -0.495 e. The highest BCUT2D eigenvalue weighted by Crippen LogP contribution is 2.40. The molecule has 0 aromatic heterocycles. The van der Waals surface area contributed by atoms with Crippen molar-refractivity contribution in [3.05, 3.63) is 57.9 Å². The van der Waals surface area contributed by atoms with Crippen LogP contribution < -0.4 is 20.1 Å². The molecule has 0 saturated carbocycles. The van der Waals surface area contributed by atoms with Gasteiger partial charge in [0, 0.05) is 39.1 Å². The van der Waals surface area contributed by atoms with E-state index in [1.54, 1.807) is 26.2 Å². The average molecular weight is 530 g/mol.